The Labute approximate surface area is 122 Å². The minimum atomic E-state index is -3.46. The van der Waals surface area contributed by atoms with E-state index in [0.29, 0.717) is 18.7 Å². The number of hydrogen-bond donors (Lipinski definition) is 1. The fraction of sp³-hybridized carbons (Fsp3) is 0.231. The minimum absolute atomic E-state index is 0.0787. The molecule has 0 unspecified atom stereocenters. The summed E-state index contributed by atoms with van der Waals surface area (Å²) in [6, 6.07) is 7.63. The van der Waals surface area contributed by atoms with Crippen molar-refractivity contribution >= 4 is 21.6 Å². The molecule has 0 aliphatic heterocycles. The lowest BCUT2D eigenvalue weighted by atomic mass is 10.2. The van der Waals surface area contributed by atoms with Crippen molar-refractivity contribution in [1.29, 1.82) is 0 Å². The largest absolute Gasteiger partial charge is 0.353 e. The zero-order valence-corrected chi connectivity index (χ0v) is 12.2. The third kappa shape index (κ3) is 4.33. The van der Waals surface area contributed by atoms with Gasteiger partial charge in [-0.05, 0) is 29.8 Å². The quantitative estimate of drug-likeness (QED) is 0.889. The highest BCUT2D eigenvalue weighted by Crippen LogP contribution is 2.17. The van der Waals surface area contributed by atoms with Gasteiger partial charge in [0.05, 0.1) is 10.8 Å². The monoisotopic (exact) mass is 316 g/mol. The van der Waals surface area contributed by atoms with Gasteiger partial charge >= 0.3 is 0 Å². The molecule has 0 atom stereocenters. The maximum Gasteiger partial charge on any atom is 0.215 e. The average molecular weight is 317 g/mol. The Hall–Kier alpha value is -1.37. The van der Waals surface area contributed by atoms with E-state index in [4.69, 9.17) is 11.6 Å². The standard InChI is InChI=1S/C13H14ClFN2O2S/c14-12-9-11(3-4-13(12)15)10-20(18,19)16-5-8-17-6-1-2-7-17/h1-4,6-7,9,16H,5,8,10H2. The first-order valence-electron chi connectivity index (χ1n) is 5.98. The first-order chi connectivity index (χ1) is 9.46. The summed E-state index contributed by atoms with van der Waals surface area (Å²) in [7, 11) is -3.46. The second-order valence-electron chi connectivity index (χ2n) is 4.32. The lowest BCUT2D eigenvalue weighted by molar-refractivity contribution is 0.572. The summed E-state index contributed by atoms with van der Waals surface area (Å²) in [4.78, 5) is 0. The molecule has 108 valence electrons. The predicted octanol–water partition coefficient (Wildman–Crippen LogP) is 2.40. The van der Waals surface area contributed by atoms with Gasteiger partial charge in [0.2, 0.25) is 10.0 Å². The first kappa shape index (κ1) is 15.0. The van der Waals surface area contributed by atoms with Gasteiger partial charge in [0, 0.05) is 25.5 Å². The van der Waals surface area contributed by atoms with Crippen molar-refractivity contribution in [2.45, 2.75) is 12.3 Å². The predicted molar refractivity (Wildman–Crippen MR) is 76.5 cm³/mol. The topological polar surface area (TPSA) is 51.1 Å². The molecule has 0 aliphatic rings. The molecular weight excluding hydrogens is 303 g/mol. The van der Waals surface area contributed by atoms with Gasteiger partial charge in [-0.1, -0.05) is 17.7 Å². The molecule has 2 rings (SSSR count). The van der Waals surface area contributed by atoms with Crippen molar-refractivity contribution in [1.82, 2.24) is 9.29 Å². The number of aromatic nitrogens is 1. The Morgan fingerprint density at radius 1 is 1.25 bits per heavy atom. The van der Waals surface area contributed by atoms with Crippen LogP contribution in [0.3, 0.4) is 0 Å². The van der Waals surface area contributed by atoms with Crippen LogP contribution in [0.4, 0.5) is 4.39 Å². The van der Waals surface area contributed by atoms with Crippen LogP contribution in [0.1, 0.15) is 5.56 Å². The number of hydrogen-bond acceptors (Lipinski definition) is 2. The normalized spacial score (nSPS) is 11.7. The molecule has 0 spiro atoms. The van der Waals surface area contributed by atoms with Crippen molar-refractivity contribution in [3.8, 4) is 0 Å². The average Bonchev–Trinajstić information content (AvgIpc) is 2.86. The van der Waals surface area contributed by atoms with Crippen molar-refractivity contribution in [2.24, 2.45) is 0 Å². The van der Waals surface area contributed by atoms with Gasteiger partial charge in [-0.25, -0.2) is 17.5 Å². The van der Waals surface area contributed by atoms with Gasteiger partial charge < -0.3 is 4.57 Å². The summed E-state index contributed by atoms with van der Waals surface area (Å²) in [5, 5.41) is -0.0787. The molecule has 0 radical (unpaired) electrons. The Morgan fingerprint density at radius 2 is 1.95 bits per heavy atom. The molecule has 0 amide bonds. The van der Waals surface area contributed by atoms with E-state index < -0.39 is 15.8 Å². The van der Waals surface area contributed by atoms with Gasteiger partial charge in [0.1, 0.15) is 5.82 Å². The maximum absolute atomic E-state index is 13.0. The second kappa shape index (κ2) is 6.39. The number of nitrogens with zero attached hydrogens (tertiary/aromatic N) is 1. The van der Waals surface area contributed by atoms with E-state index in [1.807, 2.05) is 29.1 Å². The molecule has 0 aliphatic carbocycles. The highest BCUT2D eigenvalue weighted by molar-refractivity contribution is 7.88. The Morgan fingerprint density at radius 3 is 2.60 bits per heavy atom. The number of nitrogens with one attached hydrogen (secondary N) is 1. The van der Waals surface area contributed by atoms with E-state index in [1.165, 1.54) is 12.1 Å². The molecule has 1 aromatic heterocycles. The molecule has 20 heavy (non-hydrogen) atoms. The van der Waals surface area contributed by atoms with Crippen LogP contribution in [-0.2, 0) is 22.3 Å². The highest BCUT2D eigenvalue weighted by atomic mass is 35.5. The van der Waals surface area contributed by atoms with E-state index in [1.54, 1.807) is 0 Å². The molecule has 7 heteroatoms. The molecule has 2 aromatic rings. The first-order valence-corrected chi connectivity index (χ1v) is 8.01. The Bertz CT molecular complexity index is 672. The summed E-state index contributed by atoms with van der Waals surface area (Å²) in [5.74, 6) is -0.785. The molecule has 0 fully saturated rings. The van der Waals surface area contributed by atoms with Crippen LogP contribution in [0, 0.1) is 5.82 Å². The fourth-order valence-corrected chi connectivity index (χ4v) is 3.08. The molecule has 1 heterocycles. The number of sulfonamides is 1. The minimum Gasteiger partial charge on any atom is -0.353 e. The zero-order valence-electron chi connectivity index (χ0n) is 10.6. The fourth-order valence-electron chi connectivity index (χ4n) is 1.75. The van der Waals surface area contributed by atoms with Gasteiger partial charge in [0.25, 0.3) is 0 Å². The van der Waals surface area contributed by atoms with Gasteiger partial charge in [0.15, 0.2) is 0 Å². The Balaban J connectivity index is 1.91. The smallest absolute Gasteiger partial charge is 0.215 e. The summed E-state index contributed by atoms with van der Waals surface area (Å²) >= 11 is 5.62. The van der Waals surface area contributed by atoms with E-state index >= 15 is 0 Å². The summed E-state index contributed by atoms with van der Waals surface area (Å²) in [5.41, 5.74) is 0.449. The van der Waals surface area contributed by atoms with Gasteiger partial charge in [-0.3, -0.25) is 0 Å². The molecule has 0 saturated heterocycles. The van der Waals surface area contributed by atoms with Crippen LogP contribution in [0.5, 0.6) is 0 Å². The summed E-state index contributed by atoms with van der Waals surface area (Å²) in [6.45, 7) is 0.850. The summed E-state index contributed by atoms with van der Waals surface area (Å²) < 4.78 is 41.1. The van der Waals surface area contributed by atoms with E-state index in [0.717, 1.165) is 6.07 Å². The molecule has 0 bridgehead atoms. The van der Waals surface area contributed by atoms with Crippen LogP contribution in [0.15, 0.2) is 42.7 Å². The number of halogens is 2. The maximum atomic E-state index is 13.0. The van der Waals surface area contributed by atoms with Crippen molar-refractivity contribution < 1.29 is 12.8 Å². The lowest BCUT2D eigenvalue weighted by Crippen LogP contribution is -2.28. The van der Waals surface area contributed by atoms with Crippen LogP contribution < -0.4 is 4.72 Å². The SMILES string of the molecule is O=S(=O)(Cc1ccc(F)c(Cl)c1)NCCn1cccc1. The number of rotatable bonds is 6. The molecular formula is C13H14ClFN2O2S. The second-order valence-corrected chi connectivity index (χ2v) is 6.54. The van der Waals surface area contributed by atoms with Crippen LogP contribution in [-0.4, -0.2) is 19.5 Å². The van der Waals surface area contributed by atoms with Gasteiger partial charge in [-0.2, -0.15) is 0 Å². The van der Waals surface area contributed by atoms with Crippen molar-refractivity contribution in [3.05, 3.63) is 59.1 Å². The molecule has 0 saturated carbocycles. The van der Waals surface area contributed by atoms with Crippen molar-refractivity contribution in [3.63, 3.8) is 0 Å². The molecule has 1 N–H and O–H groups in total. The molecule has 1 aromatic carbocycles. The number of benzene rings is 1. The van der Waals surface area contributed by atoms with E-state index in [2.05, 4.69) is 4.72 Å². The van der Waals surface area contributed by atoms with E-state index in [9.17, 15) is 12.8 Å². The third-order valence-electron chi connectivity index (χ3n) is 2.70. The van der Waals surface area contributed by atoms with Gasteiger partial charge in [-0.15, -0.1) is 0 Å². The van der Waals surface area contributed by atoms with Crippen LogP contribution in [0.2, 0.25) is 5.02 Å². The highest BCUT2D eigenvalue weighted by Gasteiger charge is 2.12. The van der Waals surface area contributed by atoms with Crippen LogP contribution in [0.25, 0.3) is 0 Å². The van der Waals surface area contributed by atoms with Crippen LogP contribution >= 0.6 is 11.6 Å². The Kier molecular flexibility index (Phi) is 4.80. The lowest BCUT2D eigenvalue weighted by Gasteiger charge is -2.08. The zero-order chi connectivity index (χ0) is 14.6. The third-order valence-corrected chi connectivity index (χ3v) is 4.35. The molecule has 4 nitrogen and oxygen atoms in total. The van der Waals surface area contributed by atoms with Crippen molar-refractivity contribution in [2.75, 3.05) is 6.54 Å². The summed E-state index contributed by atoms with van der Waals surface area (Å²) in [6.07, 6.45) is 3.71. The van der Waals surface area contributed by atoms with E-state index in [-0.39, 0.29) is 10.8 Å².